The van der Waals surface area contributed by atoms with Crippen LogP contribution in [0.3, 0.4) is 0 Å². The monoisotopic (exact) mass is 580 g/mol. The van der Waals surface area contributed by atoms with E-state index in [1.807, 2.05) is 42.5 Å². The van der Waals surface area contributed by atoms with Crippen molar-refractivity contribution in [3.63, 3.8) is 0 Å². The maximum Gasteiger partial charge on any atom is 0.231 e. The summed E-state index contributed by atoms with van der Waals surface area (Å²) in [6, 6.07) is 18.2. The number of halogens is 5. The highest BCUT2D eigenvalue weighted by atomic mass is 35.5. The topological polar surface area (TPSA) is 79.2 Å². The highest BCUT2D eigenvalue weighted by Crippen LogP contribution is 2.17. The molecular weight excluding hydrogens is 552 g/mol. The molecule has 208 valence electrons. The standard InChI is InChI=1S/C28H27F3N4O2.2ClH/c29-23-15-25(31)24(30)14-21(23)18-35-13-12-33-27(35)16-28(37)34-22-8-6-19(7-9-22)10-11-32-17-26(36)20-4-2-1-3-5-20;;/h1-9,12-15,26,32,36H,10-11,16-18H2,(H,34,37);2*1H/t26-;;/m0../s1. The Morgan fingerprint density at radius 3 is 2.36 bits per heavy atom. The third kappa shape index (κ3) is 9.11. The van der Waals surface area contributed by atoms with Crippen molar-refractivity contribution in [1.29, 1.82) is 0 Å². The molecule has 0 spiro atoms. The molecule has 4 rings (SSSR count). The van der Waals surface area contributed by atoms with Crippen molar-refractivity contribution in [3.05, 3.63) is 119 Å². The molecule has 39 heavy (non-hydrogen) atoms. The van der Waals surface area contributed by atoms with Crippen LogP contribution in [0.15, 0.2) is 79.1 Å². The fourth-order valence-electron chi connectivity index (χ4n) is 3.89. The Morgan fingerprint density at radius 2 is 1.64 bits per heavy atom. The Labute approximate surface area is 237 Å². The van der Waals surface area contributed by atoms with Gasteiger partial charge in [-0.25, -0.2) is 18.2 Å². The Kier molecular flexibility index (Phi) is 12.5. The minimum atomic E-state index is -1.25. The first-order valence-corrected chi connectivity index (χ1v) is 11.8. The predicted octanol–water partition coefficient (Wildman–Crippen LogP) is 5.24. The largest absolute Gasteiger partial charge is 0.387 e. The Balaban J connectivity index is 0.00000267. The third-order valence-electron chi connectivity index (χ3n) is 5.90. The molecule has 0 saturated heterocycles. The highest BCUT2D eigenvalue weighted by molar-refractivity contribution is 5.91. The summed E-state index contributed by atoms with van der Waals surface area (Å²) in [7, 11) is 0. The summed E-state index contributed by atoms with van der Waals surface area (Å²) >= 11 is 0. The molecule has 0 aliphatic carbocycles. The van der Waals surface area contributed by atoms with Gasteiger partial charge in [0, 0.05) is 36.3 Å². The van der Waals surface area contributed by atoms with Crippen LogP contribution in [0.5, 0.6) is 0 Å². The fraction of sp³-hybridized carbons (Fsp3) is 0.214. The third-order valence-corrected chi connectivity index (χ3v) is 5.90. The maximum atomic E-state index is 14.0. The van der Waals surface area contributed by atoms with Gasteiger partial charge in [-0.3, -0.25) is 4.79 Å². The number of amides is 1. The molecule has 3 aromatic carbocycles. The van der Waals surface area contributed by atoms with Crippen LogP contribution in [-0.4, -0.2) is 33.7 Å². The number of aromatic nitrogens is 2. The number of carbonyl (C=O) groups excluding carboxylic acids is 1. The van der Waals surface area contributed by atoms with E-state index in [0.29, 0.717) is 30.7 Å². The molecule has 0 radical (unpaired) electrons. The second kappa shape index (κ2) is 15.3. The van der Waals surface area contributed by atoms with E-state index in [-0.39, 0.29) is 49.3 Å². The summed E-state index contributed by atoms with van der Waals surface area (Å²) in [5.41, 5.74) is 2.52. The normalized spacial score (nSPS) is 11.3. The predicted molar refractivity (Wildman–Crippen MR) is 149 cm³/mol. The van der Waals surface area contributed by atoms with Gasteiger partial charge in [0.05, 0.1) is 19.1 Å². The van der Waals surface area contributed by atoms with E-state index >= 15 is 0 Å². The van der Waals surface area contributed by atoms with E-state index < -0.39 is 23.6 Å². The van der Waals surface area contributed by atoms with E-state index in [4.69, 9.17) is 0 Å². The summed E-state index contributed by atoms with van der Waals surface area (Å²) in [4.78, 5) is 16.7. The van der Waals surface area contributed by atoms with Crippen LogP contribution in [0.2, 0.25) is 0 Å². The second-order valence-corrected chi connectivity index (χ2v) is 8.63. The maximum absolute atomic E-state index is 14.0. The number of aliphatic hydroxyl groups excluding tert-OH is 1. The van der Waals surface area contributed by atoms with Crippen molar-refractivity contribution >= 4 is 36.4 Å². The Morgan fingerprint density at radius 1 is 0.949 bits per heavy atom. The van der Waals surface area contributed by atoms with Crippen LogP contribution < -0.4 is 10.6 Å². The lowest BCUT2D eigenvalue weighted by molar-refractivity contribution is -0.115. The number of anilines is 1. The number of rotatable bonds is 11. The van der Waals surface area contributed by atoms with Gasteiger partial charge in [0.15, 0.2) is 11.6 Å². The van der Waals surface area contributed by atoms with E-state index in [0.717, 1.165) is 23.6 Å². The average molecular weight is 581 g/mol. The molecule has 0 bridgehead atoms. The molecule has 11 heteroatoms. The fourth-order valence-corrected chi connectivity index (χ4v) is 3.89. The van der Waals surface area contributed by atoms with E-state index in [2.05, 4.69) is 15.6 Å². The van der Waals surface area contributed by atoms with Crippen molar-refractivity contribution in [1.82, 2.24) is 14.9 Å². The molecule has 1 amide bonds. The number of benzene rings is 3. The average Bonchev–Trinajstić information content (AvgIpc) is 3.32. The van der Waals surface area contributed by atoms with Crippen LogP contribution in [0.4, 0.5) is 18.9 Å². The number of imidazole rings is 1. The van der Waals surface area contributed by atoms with Gasteiger partial charge in [-0.2, -0.15) is 0 Å². The zero-order valence-electron chi connectivity index (χ0n) is 20.8. The van der Waals surface area contributed by atoms with Crippen LogP contribution in [-0.2, 0) is 24.2 Å². The lowest BCUT2D eigenvalue weighted by Crippen LogP contribution is -2.23. The second-order valence-electron chi connectivity index (χ2n) is 8.63. The van der Waals surface area contributed by atoms with Gasteiger partial charge in [0.1, 0.15) is 11.6 Å². The lowest BCUT2D eigenvalue weighted by Gasteiger charge is -2.12. The van der Waals surface area contributed by atoms with Crippen molar-refractivity contribution < 1.29 is 23.1 Å². The van der Waals surface area contributed by atoms with Crippen LogP contribution in [0.1, 0.15) is 28.6 Å². The van der Waals surface area contributed by atoms with Gasteiger partial charge in [-0.1, -0.05) is 42.5 Å². The van der Waals surface area contributed by atoms with Gasteiger partial charge in [-0.05, 0) is 42.3 Å². The highest BCUT2D eigenvalue weighted by Gasteiger charge is 2.14. The van der Waals surface area contributed by atoms with Crippen LogP contribution >= 0.6 is 24.8 Å². The van der Waals surface area contributed by atoms with Gasteiger partial charge in [0.2, 0.25) is 5.91 Å². The molecule has 0 fully saturated rings. The summed E-state index contributed by atoms with van der Waals surface area (Å²) in [6.45, 7) is 1.06. The van der Waals surface area contributed by atoms with Gasteiger partial charge in [0.25, 0.3) is 0 Å². The molecule has 0 saturated carbocycles. The van der Waals surface area contributed by atoms with E-state index in [1.54, 1.807) is 18.3 Å². The number of nitrogens with one attached hydrogen (secondary N) is 2. The summed E-state index contributed by atoms with van der Waals surface area (Å²) in [5.74, 6) is -3.22. The number of hydrogen-bond donors (Lipinski definition) is 3. The van der Waals surface area contributed by atoms with Crippen LogP contribution in [0, 0.1) is 17.5 Å². The molecule has 1 aromatic heterocycles. The molecule has 1 atom stereocenters. The summed E-state index contributed by atoms with van der Waals surface area (Å²) < 4.78 is 42.2. The van der Waals surface area contributed by atoms with Crippen molar-refractivity contribution in [2.24, 2.45) is 0 Å². The molecule has 1 heterocycles. The Hall–Kier alpha value is -3.37. The smallest absolute Gasteiger partial charge is 0.231 e. The van der Waals surface area contributed by atoms with Gasteiger partial charge < -0.3 is 20.3 Å². The first-order valence-electron chi connectivity index (χ1n) is 11.8. The minimum Gasteiger partial charge on any atom is -0.387 e. The van der Waals surface area contributed by atoms with Gasteiger partial charge >= 0.3 is 0 Å². The Bertz CT molecular complexity index is 1340. The molecular formula is C28H29Cl2F3N4O2. The van der Waals surface area contributed by atoms with Crippen LogP contribution in [0.25, 0.3) is 0 Å². The molecule has 0 aliphatic heterocycles. The molecule has 0 unspecified atom stereocenters. The van der Waals surface area contributed by atoms with Crippen molar-refractivity contribution in [2.75, 3.05) is 18.4 Å². The molecule has 4 aromatic rings. The quantitative estimate of drug-likeness (QED) is 0.167. The number of hydrogen-bond acceptors (Lipinski definition) is 4. The SMILES string of the molecule is Cl.Cl.O=C(Cc1nccn1Cc1cc(F)c(F)cc1F)Nc1ccc(CCNC[C@H](O)c2ccccc2)cc1. The lowest BCUT2D eigenvalue weighted by atomic mass is 10.1. The van der Waals surface area contributed by atoms with Crippen molar-refractivity contribution in [2.45, 2.75) is 25.5 Å². The zero-order valence-corrected chi connectivity index (χ0v) is 22.5. The molecule has 3 N–H and O–H groups in total. The van der Waals surface area contributed by atoms with E-state index in [9.17, 15) is 23.1 Å². The first-order chi connectivity index (χ1) is 17.9. The summed E-state index contributed by atoms with van der Waals surface area (Å²) in [5, 5.41) is 16.2. The first kappa shape index (κ1) is 31.8. The number of nitrogens with zero attached hydrogens (tertiary/aromatic N) is 2. The van der Waals surface area contributed by atoms with E-state index in [1.165, 1.54) is 10.8 Å². The number of carbonyl (C=O) groups is 1. The van der Waals surface area contributed by atoms with Crippen molar-refractivity contribution in [3.8, 4) is 0 Å². The number of aliphatic hydroxyl groups is 1. The molecule has 0 aliphatic rings. The molecule has 6 nitrogen and oxygen atoms in total. The zero-order chi connectivity index (χ0) is 26.2. The summed E-state index contributed by atoms with van der Waals surface area (Å²) in [6.07, 6.45) is 3.12. The van der Waals surface area contributed by atoms with Gasteiger partial charge in [-0.15, -0.1) is 24.8 Å². The minimum absolute atomic E-state index is 0.